The van der Waals surface area contributed by atoms with E-state index in [0.717, 1.165) is 89.9 Å². The van der Waals surface area contributed by atoms with E-state index in [1.165, 1.54) is 103 Å². The van der Waals surface area contributed by atoms with Crippen molar-refractivity contribution in [3.63, 3.8) is 0 Å². The lowest BCUT2D eigenvalue weighted by atomic mass is 10.0. The fraction of sp³-hybridized carbons (Fsp3) is 0.724. The Hall–Kier alpha value is -2.96. The highest BCUT2D eigenvalue weighted by atomic mass is 16.5. The van der Waals surface area contributed by atoms with Gasteiger partial charge in [-0.2, -0.15) is 0 Å². The van der Waals surface area contributed by atoms with E-state index >= 15 is 0 Å². The number of aliphatic hydroxyl groups excluding tert-OH is 2. The van der Waals surface area contributed by atoms with Gasteiger partial charge >= 0.3 is 5.97 Å². The van der Waals surface area contributed by atoms with Gasteiger partial charge in [0.25, 0.3) is 0 Å². The molecule has 0 radical (unpaired) electrons. The number of unbranched alkanes of at least 4 members (excludes halogenated alkanes) is 22. The number of hydrogen-bond acceptors (Lipinski definition) is 5. The molecule has 0 aromatic rings. The van der Waals surface area contributed by atoms with Crippen molar-refractivity contribution in [3.05, 3.63) is 85.1 Å². The molecule has 0 fully saturated rings. The molecule has 0 spiro atoms. The van der Waals surface area contributed by atoms with Gasteiger partial charge in [-0.3, -0.25) is 9.59 Å². The lowest BCUT2D eigenvalue weighted by molar-refractivity contribution is -0.150. The summed E-state index contributed by atoms with van der Waals surface area (Å²) in [5, 5.41) is 23.8. The average molecular weight is 892 g/mol. The van der Waals surface area contributed by atoms with Crippen molar-refractivity contribution >= 4 is 11.9 Å². The Kier molecular flexibility index (Phi) is 48.7. The third-order valence-electron chi connectivity index (χ3n) is 11.7. The molecule has 0 bridgehead atoms. The minimum Gasteiger partial charge on any atom is -0.462 e. The van der Waals surface area contributed by atoms with Crippen LogP contribution in [0, 0.1) is 0 Å². The van der Waals surface area contributed by atoms with Gasteiger partial charge in [0, 0.05) is 6.42 Å². The van der Waals surface area contributed by atoms with Crippen LogP contribution in [-0.4, -0.2) is 46.9 Å². The zero-order valence-electron chi connectivity index (χ0n) is 41.9. The highest BCUT2D eigenvalue weighted by molar-refractivity contribution is 5.77. The molecule has 0 saturated carbocycles. The molecule has 0 aliphatic rings. The Morgan fingerprint density at radius 1 is 0.484 bits per heavy atom. The first-order valence-corrected chi connectivity index (χ1v) is 26.8. The highest BCUT2D eigenvalue weighted by Gasteiger charge is 2.24. The Balaban J connectivity index is 4.67. The first-order chi connectivity index (χ1) is 31.5. The van der Waals surface area contributed by atoms with Crippen LogP contribution in [0.1, 0.15) is 245 Å². The number of amides is 1. The van der Waals surface area contributed by atoms with E-state index in [-0.39, 0.29) is 31.3 Å². The summed E-state index contributed by atoms with van der Waals surface area (Å²) in [4.78, 5) is 26.1. The van der Waals surface area contributed by atoms with E-state index in [1.807, 2.05) is 6.08 Å². The molecule has 0 aromatic carbocycles. The second-order valence-electron chi connectivity index (χ2n) is 17.9. The lowest BCUT2D eigenvalue weighted by Crippen LogP contribution is -2.46. The SMILES string of the molecule is CC/C=C/C/C=C/C/C=C/C/C=C/C/C=C/CCC(=O)OC(CCCCCC/C=C/C=C/CCCCC)CC(=O)NC(CO)C(O)CCCCCCCCCCCCCCCCCC. The van der Waals surface area contributed by atoms with E-state index in [2.05, 4.69) is 105 Å². The van der Waals surface area contributed by atoms with Crippen molar-refractivity contribution in [2.45, 2.75) is 264 Å². The Morgan fingerprint density at radius 2 is 0.891 bits per heavy atom. The summed E-state index contributed by atoms with van der Waals surface area (Å²) < 4.78 is 5.88. The van der Waals surface area contributed by atoms with E-state index in [1.54, 1.807) is 0 Å². The molecule has 0 rings (SSSR count). The maximum Gasteiger partial charge on any atom is 0.306 e. The number of nitrogens with one attached hydrogen (secondary N) is 1. The molecule has 6 heteroatoms. The molecular weight excluding hydrogens is 791 g/mol. The third kappa shape index (κ3) is 45.6. The minimum absolute atomic E-state index is 0.0308. The number of aliphatic hydroxyl groups is 2. The predicted octanol–water partition coefficient (Wildman–Crippen LogP) is 16.3. The molecule has 0 saturated heterocycles. The summed E-state index contributed by atoms with van der Waals surface area (Å²) in [6.07, 6.45) is 66.5. The molecular formula is C58H101NO5. The third-order valence-corrected chi connectivity index (χ3v) is 11.7. The van der Waals surface area contributed by atoms with Crippen molar-refractivity contribution in [2.75, 3.05) is 6.61 Å². The molecule has 6 nitrogen and oxygen atoms in total. The summed E-state index contributed by atoms with van der Waals surface area (Å²) in [6.45, 7) is 6.32. The summed E-state index contributed by atoms with van der Waals surface area (Å²) in [5.74, 6) is -0.595. The van der Waals surface area contributed by atoms with Gasteiger partial charge in [0.2, 0.25) is 5.91 Å². The number of rotatable bonds is 47. The Morgan fingerprint density at radius 3 is 1.38 bits per heavy atom. The molecule has 0 aliphatic heterocycles. The number of carbonyl (C=O) groups excluding carboxylic acids is 2. The van der Waals surface area contributed by atoms with Crippen LogP contribution in [0.4, 0.5) is 0 Å². The number of ether oxygens (including phenoxy) is 1. The first-order valence-electron chi connectivity index (χ1n) is 26.8. The van der Waals surface area contributed by atoms with Gasteiger partial charge in [-0.25, -0.2) is 0 Å². The van der Waals surface area contributed by atoms with Crippen LogP contribution >= 0.6 is 0 Å². The smallest absolute Gasteiger partial charge is 0.306 e. The fourth-order valence-electron chi connectivity index (χ4n) is 7.71. The second-order valence-corrected chi connectivity index (χ2v) is 17.9. The van der Waals surface area contributed by atoms with Crippen LogP contribution in [0.3, 0.4) is 0 Å². The van der Waals surface area contributed by atoms with Crippen LogP contribution in [0.2, 0.25) is 0 Å². The second kappa shape index (κ2) is 51.0. The van der Waals surface area contributed by atoms with Gasteiger partial charge in [-0.15, -0.1) is 0 Å². The van der Waals surface area contributed by atoms with Crippen molar-refractivity contribution in [3.8, 4) is 0 Å². The summed E-state index contributed by atoms with van der Waals surface area (Å²) in [5.41, 5.74) is 0. The van der Waals surface area contributed by atoms with Gasteiger partial charge in [-0.05, 0) is 83.5 Å². The topological polar surface area (TPSA) is 95.9 Å². The standard InChI is InChI=1S/C58H101NO5/c1-4-7-10-13-16-19-22-25-27-29-32-35-38-41-44-47-50-56(61)55(53-60)59-57(62)52-54(49-46-43-40-37-34-31-24-21-18-15-12-9-6-3)64-58(63)51-48-45-42-39-36-33-30-28-26-23-20-17-14-11-8-5-2/h8,11,17-18,20-21,24,26,28,31,33,36,42,45,54-56,60-61H,4-7,9-10,12-16,19,22-23,25,27,29-30,32,34-35,37-41,43-44,46-53H2,1-3H3,(H,59,62)/b11-8+,20-17+,21-18+,28-26+,31-24+,36-33+,45-42+. The zero-order valence-corrected chi connectivity index (χ0v) is 41.9. The van der Waals surface area contributed by atoms with Crippen LogP contribution in [0.15, 0.2) is 85.1 Å². The normalized spacial score (nSPS) is 13.9. The maximum atomic E-state index is 13.2. The summed E-state index contributed by atoms with van der Waals surface area (Å²) >= 11 is 0. The molecule has 3 unspecified atom stereocenters. The van der Waals surface area contributed by atoms with Gasteiger partial charge in [0.05, 0.1) is 25.2 Å². The van der Waals surface area contributed by atoms with Crippen molar-refractivity contribution in [1.29, 1.82) is 0 Å². The molecule has 368 valence electrons. The molecule has 1 amide bonds. The molecule has 0 aromatic heterocycles. The van der Waals surface area contributed by atoms with Crippen molar-refractivity contribution < 1.29 is 24.5 Å². The first kappa shape index (κ1) is 61.0. The molecule has 3 N–H and O–H groups in total. The van der Waals surface area contributed by atoms with E-state index < -0.39 is 18.2 Å². The van der Waals surface area contributed by atoms with Crippen molar-refractivity contribution in [2.24, 2.45) is 0 Å². The van der Waals surface area contributed by atoms with Gasteiger partial charge in [0.1, 0.15) is 6.10 Å². The van der Waals surface area contributed by atoms with Crippen LogP contribution in [0.5, 0.6) is 0 Å². The van der Waals surface area contributed by atoms with Gasteiger partial charge in [0.15, 0.2) is 0 Å². The molecule has 0 heterocycles. The Labute approximate surface area is 395 Å². The number of hydrogen-bond donors (Lipinski definition) is 3. The van der Waals surface area contributed by atoms with Crippen LogP contribution < -0.4 is 5.32 Å². The van der Waals surface area contributed by atoms with Gasteiger partial charge < -0.3 is 20.3 Å². The lowest BCUT2D eigenvalue weighted by Gasteiger charge is -2.24. The Bertz CT molecular complexity index is 1230. The van der Waals surface area contributed by atoms with E-state index in [0.29, 0.717) is 19.3 Å². The van der Waals surface area contributed by atoms with E-state index in [4.69, 9.17) is 4.74 Å². The molecule has 64 heavy (non-hydrogen) atoms. The largest absolute Gasteiger partial charge is 0.462 e. The zero-order chi connectivity index (χ0) is 46.7. The number of allylic oxidation sites excluding steroid dienone is 14. The molecule has 0 aliphatic carbocycles. The summed E-state index contributed by atoms with van der Waals surface area (Å²) in [7, 11) is 0. The monoisotopic (exact) mass is 892 g/mol. The molecule has 3 atom stereocenters. The fourth-order valence-corrected chi connectivity index (χ4v) is 7.71. The average Bonchev–Trinajstić information content (AvgIpc) is 3.29. The summed E-state index contributed by atoms with van der Waals surface area (Å²) in [6, 6.07) is -0.727. The van der Waals surface area contributed by atoms with Crippen molar-refractivity contribution in [1.82, 2.24) is 5.32 Å². The highest BCUT2D eigenvalue weighted by Crippen LogP contribution is 2.17. The quantitative estimate of drug-likeness (QED) is 0.0245. The van der Waals surface area contributed by atoms with Gasteiger partial charge in [-0.1, -0.05) is 234 Å². The maximum absolute atomic E-state index is 13.2. The van der Waals surface area contributed by atoms with Crippen LogP contribution in [-0.2, 0) is 14.3 Å². The predicted molar refractivity (Wildman–Crippen MR) is 278 cm³/mol. The number of carbonyl (C=O) groups is 2. The van der Waals surface area contributed by atoms with Crippen LogP contribution in [0.25, 0.3) is 0 Å². The number of esters is 1. The van der Waals surface area contributed by atoms with E-state index in [9.17, 15) is 19.8 Å². The minimum atomic E-state index is -0.810.